The summed E-state index contributed by atoms with van der Waals surface area (Å²) in [6.07, 6.45) is 0. The normalized spacial score (nSPS) is 9.62. The molecule has 16 heavy (non-hydrogen) atoms. The molecule has 0 saturated carbocycles. The summed E-state index contributed by atoms with van der Waals surface area (Å²) < 4.78 is 0. The van der Waals surface area contributed by atoms with Crippen molar-refractivity contribution < 1.29 is 0 Å². The highest BCUT2D eigenvalue weighted by Crippen LogP contribution is 2.01. The Balaban J connectivity index is 3.04. The molecule has 76 valence electrons. The molecule has 0 aliphatic rings. The first-order valence-electron chi connectivity index (χ1n) is 4.26. The molecule has 2 aromatic heterocycles. The molecule has 0 saturated heterocycles. The molecule has 0 atom stereocenters. The van der Waals surface area contributed by atoms with Crippen LogP contribution in [0.1, 0.15) is 11.4 Å². The quantitative estimate of drug-likeness (QED) is 0.637. The second kappa shape index (κ2) is 3.37. The second-order valence-corrected chi connectivity index (χ2v) is 3.07. The zero-order valence-electron chi connectivity index (χ0n) is 7.87. The van der Waals surface area contributed by atoms with E-state index in [2.05, 4.69) is 9.97 Å². The summed E-state index contributed by atoms with van der Waals surface area (Å²) >= 11 is 0. The minimum atomic E-state index is -0.500. The lowest BCUT2D eigenvalue weighted by Gasteiger charge is -1.98. The van der Waals surface area contributed by atoms with Gasteiger partial charge in [0, 0.05) is 12.1 Å². The number of fused-ring (bicyclic) bond motifs is 1. The molecule has 0 aliphatic carbocycles. The van der Waals surface area contributed by atoms with Crippen LogP contribution in [-0.2, 0) is 0 Å². The third kappa shape index (κ3) is 1.35. The van der Waals surface area contributed by atoms with Gasteiger partial charge in [-0.2, -0.15) is 10.5 Å². The van der Waals surface area contributed by atoms with Crippen molar-refractivity contribution in [2.45, 2.75) is 0 Å². The number of hydrogen-bond donors (Lipinski definition) is 2. The monoisotopic (exact) mass is 212 g/mol. The van der Waals surface area contributed by atoms with Crippen molar-refractivity contribution in [2.24, 2.45) is 0 Å². The third-order valence-corrected chi connectivity index (χ3v) is 2.05. The van der Waals surface area contributed by atoms with Gasteiger partial charge in [-0.15, -0.1) is 0 Å². The SMILES string of the molecule is N#Cc1cc(=O)c2[nH]c(C#N)cc(=O)c2[nH]1. The highest BCUT2D eigenvalue weighted by Gasteiger charge is 2.07. The van der Waals surface area contributed by atoms with E-state index < -0.39 is 10.9 Å². The fourth-order valence-corrected chi connectivity index (χ4v) is 1.36. The molecule has 0 spiro atoms. The van der Waals surface area contributed by atoms with Crippen LogP contribution < -0.4 is 10.9 Å². The topological polar surface area (TPSA) is 113 Å². The summed E-state index contributed by atoms with van der Waals surface area (Å²) in [4.78, 5) is 28.1. The van der Waals surface area contributed by atoms with E-state index in [-0.39, 0.29) is 22.4 Å². The Kier molecular flexibility index (Phi) is 2.04. The maximum absolute atomic E-state index is 11.5. The predicted molar refractivity (Wildman–Crippen MR) is 54.6 cm³/mol. The van der Waals surface area contributed by atoms with E-state index in [1.807, 2.05) is 0 Å². The highest BCUT2D eigenvalue weighted by atomic mass is 16.1. The van der Waals surface area contributed by atoms with Crippen LogP contribution in [-0.4, -0.2) is 9.97 Å². The first-order chi connectivity index (χ1) is 7.65. The van der Waals surface area contributed by atoms with Crippen molar-refractivity contribution in [3.8, 4) is 12.1 Å². The van der Waals surface area contributed by atoms with Crippen molar-refractivity contribution in [1.82, 2.24) is 9.97 Å². The van der Waals surface area contributed by atoms with Crippen LogP contribution in [0.5, 0.6) is 0 Å². The van der Waals surface area contributed by atoms with Crippen molar-refractivity contribution in [3.05, 3.63) is 44.0 Å². The summed E-state index contributed by atoms with van der Waals surface area (Å²) in [7, 11) is 0. The number of aromatic nitrogens is 2. The lowest BCUT2D eigenvalue weighted by atomic mass is 10.2. The summed E-state index contributed by atoms with van der Waals surface area (Å²) in [5.74, 6) is 0. The Morgan fingerprint density at radius 1 is 0.875 bits per heavy atom. The maximum Gasteiger partial charge on any atom is 0.207 e. The molecule has 2 heterocycles. The molecule has 6 heteroatoms. The molecule has 0 unspecified atom stereocenters. The molecule has 0 radical (unpaired) electrons. The Morgan fingerprint density at radius 3 is 1.56 bits per heavy atom. The maximum atomic E-state index is 11.5. The first-order valence-corrected chi connectivity index (χ1v) is 4.26. The number of H-pyrrole nitrogens is 2. The van der Waals surface area contributed by atoms with Gasteiger partial charge in [-0.05, 0) is 0 Å². The van der Waals surface area contributed by atoms with Crippen molar-refractivity contribution in [1.29, 1.82) is 10.5 Å². The van der Waals surface area contributed by atoms with Crippen LogP contribution in [0.4, 0.5) is 0 Å². The number of aromatic amines is 2. The van der Waals surface area contributed by atoms with Gasteiger partial charge in [0.05, 0.1) is 0 Å². The average molecular weight is 212 g/mol. The van der Waals surface area contributed by atoms with Gasteiger partial charge < -0.3 is 9.97 Å². The van der Waals surface area contributed by atoms with E-state index >= 15 is 0 Å². The van der Waals surface area contributed by atoms with E-state index in [1.54, 1.807) is 12.1 Å². The van der Waals surface area contributed by atoms with Crippen LogP contribution in [0.3, 0.4) is 0 Å². The molecular formula is C10H4N4O2. The van der Waals surface area contributed by atoms with Crippen LogP contribution in [0.2, 0.25) is 0 Å². The first kappa shape index (κ1) is 9.69. The largest absolute Gasteiger partial charge is 0.342 e. The smallest absolute Gasteiger partial charge is 0.207 e. The van der Waals surface area contributed by atoms with Crippen molar-refractivity contribution in [3.63, 3.8) is 0 Å². The molecule has 0 fully saturated rings. The summed E-state index contributed by atoms with van der Waals surface area (Å²) in [5.41, 5.74) is -0.981. The van der Waals surface area contributed by atoms with Gasteiger partial charge in [-0.3, -0.25) is 9.59 Å². The predicted octanol–water partition coefficient (Wildman–Crippen LogP) is -0.0402. The van der Waals surface area contributed by atoms with Crippen molar-refractivity contribution in [2.75, 3.05) is 0 Å². The van der Waals surface area contributed by atoms with E-state index in [1.165, 1.54) is 0 Å². The van der Waals surface area contributed by atoms with Gasteiger partial charge in [0.15, 0.2) is 0 Å². The lowest BCUT2D eigenvalue weighted by Crippen LogP contribution is -2.14. The third-order valence-electron chi connectivity index (χ3n) is 2.05. The van der Waals surface area contributed by atoms with Gasteiger partial charge in [0.2, 0.25) is 10.9 Å². The fourth-order valence-electron chi connectivity index (χ4n) is 1.36. The fraction of sp³-hybridized carbons (Fsp3) is 0. The average Bonchev–Trinajstić information content (AvgIpc) is 2.29. The second-order valence-electron chi connectivity index (χ2n) is 3.07. The van der Waals surface area contributed by atoms with Gasteiger partial charge in [-0.25, -0.2) is 0 Å². The molecular weight excluding hydrogens is 208 g/mol. The van der Waals surface area contributed by atoms with Crippen LogP contribution in [0.15, 0.2) is 21.7 Å². The molecule has 0 amide bonds. The Hall–Kier alpha value is -2.86. The number of hydrogen-bond acceptors (Lipinski definition) is 4. The standard InChI is InChI=1S/C10H4N4O2/c11-3-5-1-7(15)9-10(13-5)8(16)2-6(4-12)14-9/h1-2H,(H,13,15)(H,14,16). The number of nitrogens with one attached hydrogen (secondary N) is 2. The van der Waals surface area contributed by atoms with E-state index in [0.29, 0.717) is 0 Å². The number of pyridine rings is 2. The number of nitrogens with zero attached hydrogens (tertiary/aromatic N) is 2. The number of rotatable bonds is 0. The zero-order chi connectivity index (χ0) is 11.7. The highest BCUT2D eigenvalue weighted by molar-refractivity contribution is 5.74. The van der Waals surface area contributed by atoms with Crippen molar-refractivity contribution >= 4 is 11.0 Å². The minimum absolute atomic E-state index is 0.00282. The molecule has 0 bridgehead atoms. The van der Waals surface area contributed by atoms with Gasteiger partial charge in [0.1, 0.15) is 34.6 Å². The minimum Gasteiger partial charge on any atom is -0.342 e. The summed E-state index contributed by atoms with van der Waals surface area (Å²) in [6.45, 7) is 0. The molecule has 0 aliphatic heterocycles. The van der Waals surface area contributed by atoms with E-state index in [4.69, 9.17) is 10.5 Å². The van der Waals surface area contributed by atoms with Crippen LogP contribution in [0.25, 0.3) is 11.0 Å². The lowest BCUT2D eigenvalue weighted by molar-refractivity contribution is 1.23. The summed E-state index contributed by atoms with van der Waals surface area (Å²) in [6, 6.07) is 5.62. The molecule has 2 N–H and O–H groups in total. The van der Waals surface area contributed by atoms with Gasteiger partial charge in [-0.1, -0.05) is 0 Å². The van der Waals surface area contributed by atoms with Gasteiger partial charge in [0.25, 0.3) is 0 Å². The van der Waals surface area contributed by atoms with Crippen LogP contribution >= 0.6 is 0 Å². The van der Waals surface area contributed by atoms with E-state index in [9.17, 15) is 9.59 Å². The molecule has 2 rings (SSSR count). The Bertz CT molecular complexity index is 703. The van der Waals surface area contributed by atoms with Crippen LogP contribution in [0, 0.1) is 22.7 Å². The Morgan fingerprint density at radius 2 is 1.25 bits per heavy atom. The van der Waals surface area contributed by atoms with E-state index in [0.717, 1.165) is 12.1 Å². The Labute approximate surface area is 88.4 Å². The molecule has 2 aromatic rings. The zero-order valence-corrected chi connectivity index (χ0v) is 7.87. The summed E-state index contributed by atoms with van der Waals surface area (Å²) in [5, 5.41) is 17.3. The molecule has 6 nitrogen and oxygen atoms in total. The number of nitriles is 2. The van der Waals surface area contributed by atoms with Gasteiger partial charge >= 0.3 is 0 Å². The molecule has 0 aromatic carbocycles.